The highest BCUT2D eigenvalue weighted by Gasteiger charge is 2.43. The maximum atomic E-state index is 12.0. The van der Waals surface area contributed by atoms with E-state index in [1.807, 2.05) is 44.2 Å². The first-order valence-electron chi connectivity index (χ1n) is 6.11. The zero-order chi connectivity index (χ0) is 13.3. The van der Waals surface area contributed by atoms with Crippen molar-refractivity contribution >= 4 is 11.9 Å². The first kappa shape index (κ1) is 12.6. The van der Waals surface area contributed by atoms with Gasteiger partial charge in [0.15, 0.2) is 0 Å². The molecular formula is C14H17NO3. The summed E-state index contributed by atoms with van der Waals surface area (Å²) in [6.07, 6.45) is 0.105. The predicted octanol–water partition coefficient (Wildman–Crippen LogP) is 2.07. The number of benzene rings is 1. The SMILES string of the molecule is CC1[C@H](C(=O)O)CC(=O)N1[C@H](C)c1ccccc1. The summed E-state index contributed by atoms with van der Waals surface area (Å²) < 4.78 is 0. The van der Waals surface area contributed by atoms with Crippen LogP contribution >= 0.6 is 0 Å². The number of carbonyl (C=O) groups is 2. The quantitative estimate of drug-likeness (QED) is 0.889. The molecule has 2 rings (SSSR count). The van der Waals surface area contributed by atoms with Crippen LogP contribution in [0.5, 0.6) is 0 Å². The Hall–Kier alpha value is -1.84. The average molecular weight is 247 g/mol. The van der Waals surface area contributed by atoms with Crippen molar-refractivity contribution in [3.05, 3.63) is 35.9 Å². The third-order valence-corrected chi connectivity index (χ3v) is 3.72. The van der Waals surface area contributed by atoms with Crippen molar-refractivity contribution in [3.8, 4) is 0 Å². The molecule has 0 spiro atoms. The van der Waals surface area contributed by atoms with Gasteiger partial charge in [-0.15, -0.1) is 0 Å². The fourth-order valence-electron chi connectivity index (χ4n) is 2.64. The van der Waals surface area contributed by atoms with Crippen LogP contribution in [0.3, 0.4) is 0 Å². The second kappa shape index (κ2) is 4.80. The normalized spacial score (nSPS) is 25.2. The number of aliphatic carboxylic acids is 1. The van der Waals surface area contributed by atoms with Crippen molar-refractivity contribution in [3.63, 3.8) is 0 Å². The van der Waals surface area contributed by atoms with E-state index >= 15 is 0 Å². The molecule has 1 aromatic carbocycles. The van der Waals surface area contributed by atoms with Gasteiger partial charge in [-0.3, -0.25) is 9.59 Å². The van der Waals surface area contributed by atoms with Gasteiger partial charge in [0.25, 0.3) is 0 Å². The van der Waals surface area contributed by atoms with Crippen molar-refractivity contribution in [1.82, 2.24) is 4.90 Å². The molecule has 3 atom stereocenters. The minimum atomic E-state index is -0.890. The highest BCUT2D eigenvalue weighted by molar-refractivity contribution is 5.87. The minimum absolute atomic E-state index is 0.0775. The largest absolute Gasteiger partial charge is 0.481 e. The molecule has 1 aliphatic rings. The smallest absolute Gasteiger partial charge is 0.309 e. The Bertz CT molecular complexity index is 457. The first-order valence-corrected chi connectivity index (χ1v) is 6.11. The lowest BCUT2D eigenvalue weighted by molar-refractivity contribution is -0.142. The Kier molecular flexibility index (Phi) is 3.36. The van der Waals surface area contributed by atoms with Crippen molar-refractivity contribution in [1.29, 1.82) is 0 Å². The number of carbonyl (C=O) groups excluding carboxylic acids is 1. The molecule has 0 aliphatic carbocycles. The molecule has 0 radical (unpaired) electrons. The van der Waals surface area contributed by atoms with Gasteiger partial charge in [0.05, 0.1) is 12.0 Å². The summed E-state index contributed by atoms with van der Waals surface area (Å²) in [6, 6.07) is 9.34. The molecule has 1 heterocycles. The van der Waals surface area contributed by atoms with Crippen LogP contribution in [0.15, 0.2) is 30.3 Å². The summed E-state index contributed by atoms with van der Waals surface area (Å²) in [4.78, 5) is 24.7. The van der Waals surface area contributed by atoms with Gasteiger partial charge in [-0.2, -0.15) is 0 Å². The van der Waals surface area contributed by atoms with Gasteiger partial charge >= 0.3 is 5.97 Å². The molecule has 96 valence electrons. The number of likely N-dealkylation sites (tertiary alicyclic amines) is 1. The fourth-order valence-corrected chi connectivity index (χ4v) is 2.64. The molecule has 1 aliphatic heterocycles. The van der Waals surface area contributed by atoms with E-state index in [0.29, 0.717) is 0 Å². The predicted molar refractivity (Wildman–Crippen MR) is 66.9 cm³/mol. The van der Waals surface area contributed by atoms with Crippen LogP contribution in [0.4, 0.5) is 0 Å². The Morgan fingerprint density at radius 2 is 2.00 bits per heavy atom. The Morgan fingerprint density at radius 1 is 1.39 bits per heavy atom. The second-order valence-corrected chi connectivity index (χ2v) is 4.78. The first-order chi connectivity index (χ1) is 8.52. The summed E-state index contributed by atoms with van der Waals surface area (Å²) in [7, 11) is 0. The fraction of sp³-hybridized carbons (Fsp3) is 0.429. The van der Waals surface area contributed by atoms with Crippen LogP contribution in [0, 0.1) is 5.92 Å². The lowest BCUT2D eigenvalue weighted by atomic mass is 10.0. The summed E-state index contributed by atoms with van der Waals surface area (Å²) >= 11 is 0. The van der Waals surface area contributed by atoms with Gasteiger partial charge in [0.1, 0.15) is 0 Å². The van der Waals surface area contributed by atoms with Crippen LogP contribution in [0.2, 0.25) is 0 Å². The van der Waals surface area contributed by atoms with E-state index in [1.165, 1.54) is 0 Å². The highest BCUT2D eigenvalue weighted by atomic mass is 16.4. The number of carboxylic acid groups (broad SMARTS) is 1. The Labute approximate surface area is 106 Å². The third kappa shape index (κ3) is 2.10. The number of amides is 1. The Balaban J connectivity index is 2.23. The van der Waals surface area contributed by atoms with Crippen LogP contribution in [-0.2, 0) is 9.59 Å². The number of nitrogens with zero attached hydrogens (tertiary/aromatic N) is 1. The van der Waals surface area contributed by atoms with Gasteiger partial charge in [0.2, 0.25) is 5.91 Å². The summed E-state index contributed by atoms with van der Waals surface area (Å²) in [5.41, 5.74) is 1.03. The lowest BCUT2D eigenvalue weighted by Gasteiger charge is -2.30. The summed E-state index contributed by atoms with van der Waals surface area (Å²) in [5.74, 6) is -1.56. The zero-order valence-electron chi connectivity index (χ0n) is 10.5. The molecule has 0 bridgehead atoms. The van der Waals surface area contributed by atoms with Gasteiger partial charge in [0, 0.05) is 12.5 Å². The maximum Gasteiger partial charge on any atom is 0.309 e. The topological polar surface area (TPSA) is 57.6 Å². The van der Waals surface area contributed by atoms with Gasteiger partial charge in [-0.25, -0.2) is 0 Å². The molecule has 4 heteroatoms. The molecule has 1 N–H and O–H groups in total. The monoisotopic (exact) mass is 247 g/mol. The highest BCUT2D eigenvalue weighted by Crippen LogP contribution is 2.33. The van der Waals surface area contributed by atoms with Crippen LogP contribution < -0.4 is 0 Å². The summed E-state index contributed by atoms with van der Waals surface area (Å²) in [6.45, 7) is 3.75. The minimum Gasteiger partial charge on any atom is -0.481 e. The molecule has 0 saturated carbocycles. The van der Waals surface area contributed by atoms with E-state index < -0.39 is 11.9 Å². The second-order valence-electron chi connectivity index (χ2n) is 4.78. The zero-order valence-corrected chi connectivity index (χ0v) is 10.5. The van der Waals surface area contributed by atoms with Crippen LogP contribution in [0.1, 0.15) is 31.9 Å². The molecule has 1 aromatic rings. The average Bonchev–Trinajstić information content (AvgIpc) is 2.65. The Morgan fingerprint density at radius 3 is 2.50 bits per heavy atom. The number of carboxylic acids is 1. The van der Waals surface area contributed by atoms with Crippen molar-refractivity contribution in [2.45, 2.75) is 32.4 Å². The van der Waals surface area contributed by atoms with Crippen molar-refractivity contribution < 1.29 is 14.7 Å². The van der Waals surface area contributed by atoms with Gasteiger partial charge in [-0.1, -0.05) is 30.3 Å². The number of rotatable bonds is 3. The van der Waals surface area contributed by atoms with Crippen LogP contribution in [-0.4, -0.2) is 27.9 Å². The maximum absolute atomic E-state index is 12.0. The van der Waals surface area contributed by atoms with E-state index in [9.17, 15) is 9.59 Å². The number of hydrogen-bond donors (Lipinski definition) is 1. The van der Waals surface area contributed by atoms with E-state index in [0.717, 1.165) is 5.56 Å². The van der Waals surface area contributed by atoms with Gasteiger partial charge < -0.3 is 10.0 Å². The van der Waals surface area contributed by atoms with Gasteiger partial charge in [-0.05, 0) is 19.4 Å². The third-order valence-electron chi connectivity index (χ3n) is 3.72. The molecular weight excluding hydrogens is 230 g/mol. The lowest BCUT2D eigenvalue weighted by Crippen LogP contribution is -2.36. The molecule has 1 amide bonds. The van der Waals surface area contributed by atoms with Crippen LogP contribution in [0.25, 0.3) is 0 Å². The van der Waals surface area contributed by atoms with E-state index in [-0.39, 0.29) is 24.4 Å². The molecule has 18 heavy (non-hydrogen) atoms. The molecule has 1 fully saturated rings. The van der Waals surface area contributed by atoms with Crippen molar-refractivity contribution in [2.75, 3.05) is 0 Å². The molecule has 1 saturated heterocycles. The van der Waals surface area contributed by atoms with E-state index in [2.05, 4.69) is 0 Å². The molecule has 1 unspecified atom stereocenters. The molecule has 4 nitrogen and oxygen atoms in total. The van der Waals surface area contributed by atoms with Crippen molar-refractivity contribution in [2.24, 2.45) is 5.92 Å². The van der Waals surface area contributed by atoms with E-state index in [4.69, 9.17) is 5.11 Å². The molecule has 0 aromatic heterocycles. The van der Waals surface area contributed by atoms with E-state index in [1.54, 1.807) is 4.90 Å². The standard InChI is InChI=1S/C14H17NO3/c1-9(11-6-4-3-5-7-11)15-10(2)12(14(17)18)8-13(15)16/h3-7,9-10,12H,8H2,1-2H3,(H,17,18)/t9-,10?,12-/m1/s1. The number of hydrogen-bond acceptors (Lipinski definition) is 2. The summed E-state index contributed by atoms with van der Waals surface area (Å²) in [5, 5.41) is 9.09.